The number of hydrogen-bond acceptors (Lipinski definition) is 1. The predicted molar refractivity (Wildman–Crippen MR) is 53.5 cm³/mol. The Morgan fingerprint density at radius 3 is 2.71 bits per heavy atom. The van der Waals surface area contributed by atoms with E-state index < -0.39 is 5.83 Å². The molecule has 0 rings (SSSR count). The van der Waals surface area contributed by atoms with Gasteiger partial charge in [-0.2, -0.15) is 9.38 Å². The van der Waals surface area contributed by atoms with Crippen LogP contribution in [0.4, 0.5) is 4.39 Å². The first kappa shape index (κ1) is 11.5. The van der Waals surface area contributed by atoms with Crippen LogP contribution < -0.4 is 0 Å². The highest BCUT2D eigenvalue weighted by molar-refractivity contribution is 5.51. The summed E-state index contributed by atoms with van der Waals surface area (Å²) in [7, 11) is 0. The molecule has 0 saturated heterocycles. The highest BCUT2D eigenvalue weighted by Crippen LogP contribution is 1.90. The van der Waals surface area contributed by atoms with E-state index >= 15 is 0 Å². The third-order valence-electron chi connectivity index (χ3n) is 0.821. The average Bonchev–Trinajstić information content (AvgIpc) is 2.17. The fourth-order valence-electron chi connectivity index (χ4n) is 0.393. The maximum Gasteiger partial charge on any atom is 0.181 e. The van der Waals surface area contributed by atoms with Gasteiger partial charge >= 0.3 is 0 Å². The van der Waals surface area contributed by atoms with Gasteiger partial charge in [-0.25, -0.2) is 0 Å². The molecule has 0 aromatic carbocycles. The van der Waals surface area contributed by atoms with Crippen molar-refractivity contribution in [1.82, 2.24) is 0 Å². The maximum atomic E-state index is 12.5. The molecule has 0 aromatic rings. The molecule has 14 heavy (non-hydrogen) atoms. The number of allylic oxidation sites excluding steroid dienone is 2. The first-order valence-electron chi connectivity index (χ1n) is 3.49. The van der Waals surface area contributed by atoms with Crippen molar-refractivity contribution in [3.05, 3.63) is 65.6 Å². The molecule has 0 spiro atoms. The van der Waals surface area contributed by atoms with E-state index in [1.54, 1.807) is 0 Å². The molecule has 2 heteroatoms. The van der Waals surface area contributed by atoms with Crippen molar-refractivity contribution in [2.75, 3.05) is 0 Å². The Hall–Kier alpha value is -2.46. The van der Waals surface area contributed by atoms with Gasteiger partial charge in [0.1, 0.15) is 0 Å². The number of aliphatic imine (C=N–C) groups is 1. The molecule has 1 nitrogen and oxygen atoms in total. The number of nitrogens with zero attached hydrogens (tertiary/aromatic N) is 1. The van der Waals surface area contributed by atoms with Crippen molar-refractivity contribution in [3.63, 3.8) is 0 Å². The molecule has 0 N–H and O–H groups in total. The van der Waals surface area contributed by atoms with Crippen LogP contribution in [0.15, 0.2) is 70.6 Å². The van der Waals surface area contributed by atoms with Crippen LogP contribution in [-0.4, -0.2) is 5.87 Å². The lowest BCUT2D eigenvalue weighted by molar-refractivity contribution is 0.670. The highest BCUT2D eigenvalue weighted by atomic mass is 19.1. The Balaban J connectivity index is 4.92. The molecule has 0 aliphatic rings. The van der Waals surface area contributed by atoms with Crippen molar-refractivity contribution < 1.29 is 4.39 Å². The van der Waals surface area contributed by atoms with Crippen molar-refractivity contribution in [2.45, 2.75) is 0 Å². The van der Waals surface area contributed by atoms with Crippen LogP contribution in [0.1, 0.15) is 0 Å². The molecule has 0 unspecified atom stereocenters. The van der Waals surface area contributed by atoms with Crippen LogP contribution in [0.25, 0.3) is 0 Å². The average molecular weight is 183 g/mol. The van der Waals surface area contributed by atoms with Gasteiger partial charge in [-0.3, -0.25) is 0 Å². The topological polar surface area (TPSA) is 12.4 Å². The molecule has 0 aliphatic carbocycles. The van der Waals surface area contributed by atoms with Crippen LogP contribution in [0.5, 0.6) is 0 Å². The lowest BCUT2D eigenvalue weighted by Gasteiger charge is -1.67. The number of hydrogen-bond donors (Lipinski definition) is 0. The zero-order valence-electron chi connectivity index (χ0n) is 7.39. The Labute approximate surface area is 81.6 Å². The molecule has 0 fully saturated rings. The van der Waals surface area contributed by atoms with E-state index in [1.807, 2.05) is 0 Å². The van der Waals surface area contributed by atoms with Crippen LogP contribution in [0.3, 0.4) is 0 Å². The minimum Gasteiger partial charge on any atom is -0.196 e. The monoisotopic (exact) mass is 183 g/mol. The van der Waals surface area contributed by atoms with E-state index in [1.165, 1.54) is 6.20 Å². The van der Waals surface area contributed by atoms with Gasteiger partial charge in [0.2, 0.25) is 0 Å². The third-order valence-corrected chi connectivity index (χ3v) is 0.821. The Bertz CT molecular complexity index is 495. The Kier molecular flexibility index (Phi) is 7.12. The predicted octanol–water partition coefficient (Wildman–Crippen LogP) is 2.77. The van der Waals surface area contributed by atoms with E-state index in [4.69, 9.17) is 0 Å². The van der Waals surface area contributed by atoms with Gasteiger partial charge in [0.25, 0.3) is 0 Å². The molecule has 0 bridgehead atoms. The summed E-state index contributed by atoms with van der Waals surface area (Å²) >= 11 is 0. The highest BCUT2D eigenvalue weighted by Gasteiger charge is 1.76. The summed E-state index contributed by atoms with van der Waals surface area (Å²) in [5, 5.41) is 0. The first-order chi connectivity index (χ1) is 6.81. The minimum absolute atomic E-state index is 0.645. The van der Waals surface area contributed by atoms with Crippen LogP contribution in [0, 0.1) is 0 Å². The lowest BCUT2D eigenvalue weighted by atomic mass is 10.5. The quantitative estimate of drug-likeness (QED) is 0.354. The molecule has 0 heterocycles. The van der Waals surface area contributed by atoms with Crippen LogP contribution in [-0.2, 0) is 0 Å². The van der Waals surface area contributed by atoms with Crippen molar-refractivity contribution in [3.8, 4) is 0 Å². The molecule has 0 atom stereocenters. The van der Waals surface area contributed by atoms with Crippen LogP contribution >= 0.6 is 0 Å². The number of halogens is 1. The zero-order chi connectivity index (χ0) is 10.6. The molecule has 0 aromatic heterocycles. The smallest absolute Gasteiger partial charge is 0.181 e. The van der Waals surface area contributed by atoms with Crippen molar-refractivity contribution in [1.29, 1.82) is 0 Å². The largest absolute Gasteiger partial charge is 0.196 e. The summed E-state index contributed by atoms with van der Waals surface area (Å²) < 4.78 is 12.5. The third kappa shape index (κ3) is 7.64. The van der Waals surface area contributed by atoms with E-state index in [-0.39, 0.29) is 0 Å². The van der Waals surface area contributed by atoms with Gasteiger partial charge in [0.05, 0.1) is 6.20 Å². The van der Waals surface area contributed by atoms with Gasteiger partial charge in [-0.1, -0.05) is 12.3 Å². The molecule has 0 amide bonds. The van der Waals surface area contributed by atoms with Crippen molar-refractivity contribution >= 4 is 5.87 Å². The minimum atomic E-state index is -0.645. The fourth-order valence-corrected chi connectivity index (χ4v) is 0.393. The van der Waals surface area contributed by atoms with Crippen LogP contribution in [0.2, 0.25) is 0 Å². The van der Waals surface area contributed by atoms with E-state index in [9.17, 15) is 4.39 Å². The van der Waals surface area contributed by atoms with E-state index in [0.717, 1.165) is 6.08 Å². The lowest BCUT2D eigenvalue weighted by Crippen LogP contribution is -1.53. The maximum absolute atomic E-state index is 12.5. The summed E-state index contributed by atoms with van der Waals surface area (Å²) in [5.74, 6) is 1.62. The summed E-state index contributed by atoms with van der Waals surface area (Å²) in [6, 6.07) is 0. The summed E-state index contributed by atoms with van der Waals surface area (Å²) in [6.45, 7) is 6.45. The first-order valence-corrected chi connectivity index (χ1v) is 3.49. The van der Waals surface area contributed by atoms with Crippen molar-refractivity contribution in [2.24, 2.45) is 4.99 Å². The molecule has 0 aliphatic heterocycles. The fraction of sp³-hybridized carbons (Fsp3) is 0. The molecular formula is C12H6FN. The SMILES string of the molecule is C=C=C=C=CN=C=C=C=C(F)C=C=C. The summed E-state index contributed by atoms with van der Waals surface area (Å²) in [4.78, 5) is 3.52. The number of rotatable bonds is 2. The molecule has 66 valence electrons. The molecule has 0 radical (unpaired) electrons. The molecular weight excluding hydrogens is 177 g/mol. The van der Waals surface area contributed by atoms with Gasteiger partial charge < -0.3 is 0 Å². The van der Waals surface area contributed by atoms with Gasteiger partial charge in [0, 0.05) is 17.7 Å². The van der Waals surface area contributed by atoms with Gasteiger partial charge in [0.15, 0.2) is 5.83 Å². The molecule has 0 saturated carbocycles. The normalized spacial score (nSPS) is 5.50. The summed E-state index contributed by atoms with van der Waals surface area (Å²) in [5.41, 5.74) is 13.8. The summed E-state index contributed by atoms with van der Waals surface area (Å²) in [6.07, 6.45) is 2.28. The second-order valence-electron chi connectivity index (χ2n) is 1.76. The Morgan fingerprint density at radius 1 is 1.29 bits per heavy atom. The zero-order valence-corrected chi connectivity index (χ0v) is 7.39. The second kappa shape index (κ2) is 8.63. The second-order valence-corrected chi connectivity index (χ2v) is 1.76. The van der Waals surface area contributed by atoms with E-state index in [2.05, 4.69) is 58.4 Å². The Morgan fingerprint density at radius 2 is 2.07 bits per heavy atom. The van der Waals surface area contributed by atoms with Gasteiger partial charge in [-0.15, -0.1) is 5.73 Å². The van der Waals surface area contributed by atoms with E-state index in [0.29, 0.717) is 0 Å². The van der Waals surface area contributed by atoms with Gasteiger partial charge in [-0.05, 0) is 23.8 Å². The standard InChI is InChI=1S/C12H6FN/c1-3-5-6-10-14-11-7-9-12(13)8-4-2/h8,10H,1-2H2.